The van der Waals surface area contributed by atoms with Crippen LogP contribution in [0.3, 0.4) is 0 Å². The molecule has 11 atom stereocenters. The van der Waals surface area contributed by atoms with Gasteiger partial charge in [-0.3, -0.25) is 21.3 Å². The van der Waals surface area contributed by atoms with E-state index in [2.05, 4.69) is 42.0 Å². The van der Waals surface area contributed by atoms with Crippen molar-refractivity contribution in [3.05, 3.63) is 0 Å². The number of rotatable bonds is 5. The van der Waals surface area contributed by atoms with Crippen molar-refractivity contribution in [1.82, 2.24) is 21.3 Å². The Morgan fingerprint density at radius 2 is 1.83 bits per heavy atom. The number of piperidine rings is 1. The van der Waals surface area contributed by atoms with Crippen molar-refractivity contribution in [3.63, 3.8) is 0 Å². The van der Waals surface area contributed by atoms with E-state index in [9.17, 15) is 5.11 Å². The molecular weight excluding hydrogens is 376 g/mol. The van der Waals surface area contributed by atoms with E-state index in [0.29, 0.717) is 42.2 Å². The molecule has 2 saturated carbocycles. The zero-order chi connectivity index (χ0) is 21.3. The highest BCUT2D eigenvalue weighted by Crippen LogP contribution is 2.42. The molecule has 0 aromatic rings. The number of hydrogen-bond acceptors (Lipinski definition) is 6. The highest BCUT2D eigenvalue weighted by molar-refractivity contribution is 5.01. The lowest BCUT2D eigenvalue weighted by Crippen LogP contribution is -2.70. The van der Waals surface area contributed by atoms with Gasteiger partial charge in [-0.2, -0.15) is 0 Å². The zero-order valence-electron chi connectivity index (χ0n) is 19.6. The summed E-state index contributed by atoms with van der Waals surface area (Å²) in [6.45, 7) is 7.99. The Morgan fingerprint density at radius 3 is 2.57 bits per heavy atom. The van der Waals surface area contributed by atoms with Gasteiger partial charge in [0, 0.05) is 25.1 Å². The van der Waals surface area contributed by atoms with Gasteiger partial charge >= 0.3 is 0 Å². The number of nitrogens with one attached hydrogen (secondary N) is 4. The van der Waals surface area contributed by atoms with Crippen molar-refractivity contribution in [2.24, 2.45) is 29.6 Å². The van der Waals surface area contributed by atoms with Crippen LogP contribution in [0.2, 0.25) is 0 Å². The third-order valence-corrected chi connectivity index (χ3v) is 8.80. The Morgan fingerprint density at radius 1 is 1.00 bits per heavy atom. The Labute approximate surface area is 183 Å². The smallest absolute Gasteiger partial charge is 0.105 e. The third kappa shape index (κ3) is 5.21. The molecule has 4 aliphatic rings. The summed E-state index contributed by atoms with van der Waals surface area (Å²) in [5.74, 6) is 3.30. The summed E-state index contributed by atoms with van der Waals surface area (Å²) in [7, 11) is 1.88. The molecule has 0 spiro atoms. The van der Waals surface area contributed by atoms with Crippen molar-refractivity contribution in [2.45, 2.75) is 109 Å². The lowest BCUT2D eigenvalue weighted by atomic mass is 9.67. The second-order valence-corrected chi connectivity index (χ2v) is 11.0. The molecule has 0 radical (unpaired) electrons. The van der Waals surface area contributed by atoms with Gasteiger partial charge in [-0.25, -0.2) is 0 Å². The first kappa shape index (κ1) is 22.9. The second kappa shape index (κ2) is 10.1. The molecule has 0 aromatic carbocycles. The summed E-state index contributed by atoms with van der Waals surface area (Å²) in [6, 6.07) is 1.04. The summed E-state index contributed by atoms with van der Waals surface area (Å²) < 4.78 is 6.02. The summed E-state index contributed by atoms with van der Waals surface area (Å²) in [5.41, 5.74) is 0. The van der Waals surface area contributed by atoms with Gasteiger partial charge < -0.3 is 9.84 Å². The van der Waals surface area contributed by atoms with E-state index in [0.717, 1.165) is 37.6 Å². The molecule has 30 heavy (non-hydrogen) atoms. The zero-order valence-corrected chi connectivity index (χ0v) is 19.6. The fourth-order valence-electron chi connectivity index (χ4n) is 7.16. The highest BCUT2D eigenvalue weighted by atomic mass is 16.5. The number of methoxy groups -OCH3 is 1. The van der Waals surface area contributed by atoms with Crippen LogP contribution in [0.15, 0.2) is 0 Å². The summed E-state index contributed by atoms with van der Waals surface area (Å²) >= 11 is 0. The van der Waals surface area contributed by atoms with E-state index < -0.39 is 0 Å². The number of ether oxygens (including phenoxy) is 1. The van der Waals surface area contributed by atoms with Crippen molar-refractivity contribution in [3.8, 4) is 0 Å². The van der Waals surface area contributed by atoms with Crippen molar-refractivity contribution in [2.75, 3.05) is 13.7 Å². The molecule has 0 aromatic heterocycles. The average Bonchev–Trinajstić information content (AvgIpc) is 2.72. The van der Waals surface area contributed by atoms with Crippen LogP contribution < -0.4 is 21.3 Å². The maximum atomic E-state index is 10.2. The van der Waals surface area contributed by atoms with Crippen LogP contribution >= 0.6 is 0 Å². The van der Waals surface area contributed by atoms with Gasteiger partial charge in [-0.1, -0.05) is 19.8 Å². The van der Waals surface area contributed by atoms with Crippen molar-refractivity contribution in [1.29, 1.82) is 0 Å². The maximum absolute atomic E-state index is 10.2. The Balaban J connectivity index is 1.45. The average molecular weight is 423 g/mol. The lowest BCUT2D eigenvalue weighted by molar-refractivity contribution is -0.0685. The number of fused-ring (bicyclic) bond motifs is 1. The fraction of sp³-hybridized carbons (Fsp3) is 1.00. The number of aliphatic hydroxyl groups excluding tert-OH is 1. The van der Waals surface area contributed by atoms with Gasteiger partial charge in [0.25, 0.3) is 0 Å². The van der Waals surface area contributed by atoms with Crippen molar-refractivity contribution >= 4 is 0 Å². The molecule has 6 nitrogen and oxygen atoms in total. The molecule has 6 heteroatoms. The van der Waals surface area contributed by atoms with Gasteiger partial charge in [-0.15, -0.1) is 0 Å². The highest BCUT2D eigenvalue weighted by Gasteiger charge is 2.47. The summed E-state index contributed by atoms with van der Waals surface area (Å²) in [4.78, 5) is 0. The fourth-order valence-corrected chi connectivity index (χ4v) is 7.16. The van der Waals surface area contributed by atoms with E-state index in [-0.39, 0.29) is 12.3 Å². The predicted octanol–water partition coefficient (Wildman–Crippen LogP) is 2.38. The topological polar surface area (TPSA) is 77.6 Å². The van der Waals surface area contributed by atoms with Gasteiger partial charge in [-0.05, 0) is 82.6 Å². The molecule has 4 fully saturated rings. The summed E-state index contributed by atoms with van der Waals surface area (Å²) in [5, 5.41) is 25.1. The first-order valence-electron chi connectivity index (χ1n) is 12.7. The van der Waals surface area contributed by atoms with Crippen LogP contribution in [0, 0.1) is 29.6 Å². The minimum Gasteiger partial charge on any atom is -0.381 e. The summed E-state index contributed by atoms with van der Waals surface area (Å²) in [6.07, 6.45) is 10.4. The monoisotopic (exact) mass is 422 g/mol. The van der Waals surface area contributed by atoms with Gasteiger partial charge in [0.2, 0.25) is 0 Å². The molecule has 174 valence electrons. The minimum absolute atomic E-state index is 0.289. The van der Waals surface area contributed by atoms with Crippen LogP contribution in [0.25, 0.3) is 0 Å². The first-order valence-corrected chi connectivity index (χ1v) is 12.7. The standard InChI is InChI=1S/C24H46N4O2/c1-14-6-5-7-17(10-14)15(2)26-24-20-12-19(18-8-9-25-23(29)11-18)22(30-4)13-21(20)27-16(3)28-24/h14-29H,5-13H2,1-4H3. The molecule has 0 amide bonds. The molecule has 11 unspecified atom stereocenters. The van der Waals surface area contributed by atoms with Gasteiger partial charge in [0.1, 0.15) is 6.23 Å². The number of aliphatic hydroxyl groups is 1. The van der Waals surface area contributed by atoms with E-state index in [1.165, 1.54) is 32.1 Å². The van der Waals surface area contributed by atoms with Crippen LogP contribution in [-0.4, -0.2) is 55.5 Å². The van der Waals surface area contributed by atoms with Crippen LogP contribution in [0.1, 0.15) is 72.1 Å². The largest absolute Gasteiger partial charge is 0.381 e. The quantitative estimate of drug-likeness (QED) is 0.468. The predicted molar refractivity (Wildman–Crippen MR) is 121 cm³/mol. The van der Waals surface area contributed by atoms with E-state index in [1.54, 1.807) is 0 Å². The van der Waals surface area contributed by atoms with E-state index in [1.807, 2.05) is 7.11 Å². The Kier molecular flexibility index (Phi) is 7.75. The first-order chi connectivity index (χ1) is 14.4. The maximum Gasteiger partial charge on any atom is 0.105 e. The SMILES string of the molecule is COC1CC2NC(C)NC(NC(C)C3CCCC(C)C3)C2CC1C1CCNC(O)C1. The van der Waals surface area contributed by atoms with Gasteiger partial charge in [0.15, 0.2) is 0 Å². The lowest BCUT2D eigenvalue weighted by Gasteiger charge is -2.52. The van der Waals surface area contributed by atoms with Crippen molar-refractivity contribution < 1.29 is 9.84 Å². The molecule has 5 N–H and O–H groups in total. The van der Waals surface area contributed by atoms with Gasteiger partial charge in [0.05, 0.1) is 18.4 Å². The minimum atomic E-state index is -0.358. The molecule has 2 aliphatic carbocycles. The Hall–Kier alpha value is -0.240. The molecule has 4 rings (SSSR count). The van der Waals surface area contributed by atoms with Crippen LogP contribution in [0.4, 0.5) is 0 Å². The molecule has 0 bridgehead atoms. The van der Waals surface area contributed by atoms with Crippen LogP contribution in [0.5, 0.6) is 0 Å². The third-order valence-electron chi connectivity index (χ3n) is 8.80. The molecule has 2 heterocycles. The van der Waals surface area contributed by atoms with E-state index >= 15 is 0 Å². The Bertz CT molecular complexity index is 549. The van der Waals surface area contributed by atoms with E-state index in [4.69, 9.17) is 4.74 Å². The normalized spacial score (nSPS) is 48.7. The molecule has 2 saturated heterocycles. The molecule has 2 aliphatic heterocycles. The molecular formula is C24H46N4O2. The second-order valence-electron chi connectivity index (χ2n) is 11.0. The van der Waals surface area contributed by atoms with Crippen LogP contribution in [-0.2, 0) is 4.74 Å². The number of hydrogen-bond donors (Lipinski definition) is 5.